The van der Waals surface area contributed by atoms with Crippen molar-refractivity contribution < 1.29 is 10.0 Å². The summed E-state index contributed by atoms with van der Waals surface area (Å²) < 4.78 is 0. The van der Waals surface area contributed by atoms with Crippen molar-refractivity contribution in [1.29, 1.82) is 0 Å². The van der Waals surface area contributed by atoms with Crippen LogP contribution in [0.3, 0.4) is 0 Å². The van der Waals surface area contributed by atoms with E-state index in [0.29, 0.717) is 18.8 Å². The van der Waals surface area contributed by atoms with E-state index in [4.69, 9.17) is 0 Å². The lowest BCUT2D eigenvalue weighted by Crippen LogP contribution is -2.36. The molecule has 0 spiro atoms. The molecule has 1 aromatic rings. The van der Waals surface area contributed by atoms with Crippen LogP contribution in [-0.2, 0) is 6.54 Å². The fourth-order valence-electron chi connectivity index (χ4n) is 1.71. The zero-order valence-corrected chi connectivity index (χ0v) is 12.4. The van der Waals surface area contributed by atoms with Crippen molar-refractivity contribution in [3.05, 3.63) is 33.9 Å². The van der Waals surface area contributed by atoms with Crippen LogP contribution >= 0.6 is 0 Å². The van der Waals surface area contributed by atoms with E-state index in [1.807, 2.05) is 26.8 Å². The highest BCUT2D eigenvalue weighted by Gasteiger charge is 2.21. The molecule has 6 nitrogen and oxygen atoms in total. The van der Waals surface area contributed by atoms with Crippen LogP contribution in [0.4, 0.5) is 11.4 Å². The molecule has 0 amide bonds. The second-order valence-electron chi connectivity index (χ2n) is 5.87. The molecule has 112 valence electrons. The van der Waals surface area contributed by atoms with Gasteiger partial charge in [-0.3, -0.25) is 10.1 Å². The van der Waals surface area contributed by atoms with E-state index >= 15 is 0 Å². The lowest BCUT2D eigenvalue weighted by Gasteiger charge is -2.26. The predicted molar refractivity (Wildman–Crippen MR) is 79.8 cm³/mol. The Morgan fingerprint density at radius 2 is 2.05 bits per heavy atom. The molecule has 0 aromatic heterocycles. The Morgan fingerprint density at radius 1 is 1.40 bits per heavy atom. The van der Waals surface area contributed by atoms with Crippen LogP contribution in [0, 0.1) is 15.5 Å². The summed E-state index contributed by atoms with van der Waals surface area (Å²) in [5.41, 5.74) is 1.18. The summed E-state index contributed by atoms with van der Waals surface area (Å²) in [5.74, 6) is 0. The predicted octanol–water partition coefficient (Wildman–Crippen LogP) is 2.13. The van der Waals surface area contributed by atoms with Gasteiger partial charge in [-0.2, -0.15) is 0 Å². The SMILES string of the molecule is CNc1ccc(CNCC(O)C(C)(C)C)cc1[N+](=O)[O-]. The Kier molecular flexibility index (Phi) is 5.47. The Balaban J connectivity index is 2.66. The zero-order valence-electron chi connectivity index (χ0n) is 12.4. The molecular weight excluding hydrogens is 258 g/mol. The summed E-state index contributed by atoms with van der Waals surface area (Å²) in [7, 11) is 1.65. The van der Waals surface area contributed by atoms with E-state index in [2.05, 4.69) is 10.6 Å². The molecule has 0 aliphatic heterocycles. The van der Waals surface area contributed by atoms with Gasteiger partial charge in [0.25, 0.3) is 5.69 Å². The van der Waals surface area contributed by atoms with Crippen molar-refractivity contribution >= 4 is 11.4 Å². The third-order valence-corrected chi connectivity index (χ3v) is 3.19. The molecule has 20 heavy (non-hydrogen) atoms. The fourth-order valence-corrected chi connectivity index (χ4v) is 1.71. The summed E-state index contributed by atoms with van der Waals surface area (Å²) in [6.07, 6.45) is -0.464. The van der Waals surface area contributed by atoms with E-state index in [1.54, 1.807) is 19.2 Å². The minimum atomic E-state index is -0.464. The van der Waals surface area contributed by atoms with Crippen molar-refractivity contribution in [3.8, 4) is 0 Å². The number of aliphatic hydroxyl groups excluding tert-OH is 1. The van der Waals surface area contributed by atoms with Crippen LogP contribution in [0.2, 0.25) is 0 Å². The average molecular weight is 281 g/mol. The summed E-state index contributed by atoms with van der Waals surface area (Å²) >= 11 is 0. The van der Waals surface area contributed by atoms with Crippen LogP contribution in [-0.4, -0.2) is 29.7 Å². The van der Waals surface area contributed by atoms with E-state index in [-0.39, 0.29) is 11.1 Å². The largest absolute Gasteiger partial charge is 0.391 e. The van der Waals surface area contributed by atoms with Gasteiger partial charge in [-0.1, -0.05) is 26.8 Å². The van der Waals surface area contributed by atoms with Crippen LogP contribution in [0.5, 0.6) is 0 Å². The lowest BCUT2D eigenvalue weighted by atomic mass is 9.89. The van der Waals surface area contributed by atoms with E-state index < -0.39 is 11.0 Å². The molecular formula is C14H23N3O3. The first-order valence-electron chi connectivity index (χ1n) is 6.59. The first kappa shape index (κ1) is 16.4. The normalized spacial score (nSPS) is 13.1. The molecule has 0 radical (unpaired) electrons. The fraction of sp³-hybridized carbons (Fsp3) is 0.571. The molecule has 1 aromatic carbocycles. The molecule has 6 heteroatoms. The smallest absolute Gasteiger partial charge is 0.292 e. The topological polar surface area (TPSA) is 87.4 Å². The molecule has 0 heterocycles. The maximum absolute atomic E-state index is 11.0. The summed E-state index contributed by atoms with van der Waals surface area (Å²) in [6.45, 7) is 6.83. The van der Waals surface area contributed by atoms with Crippen molar-refractivity contribution in [2.45, 2.75) is 33.4 Å². The van der Waals surface area contributed by atoms with Crippen molar-refractivity contribution in [1.82, 2.24) is 5.32 Å². The standard InChI is InChI=1S/C14H23N3O3/c1-14(2,3)13(18)9-16-8-10-5-6-11(15-4)12(7-10)17(19)20/h5-7,13,15-16,18H,8-9H2,1-4H3. The Morgan fingerprint density at radius 3 is 2.55 bits per heavy atom. The molecule has 0 saturated heterocycles. The average Bonchev–Trinajstić information content (AvgIpc) is 2.37. The van der Waals surface area contributed by atoms with E-state index in [0.717, 1.165) is 5.56 Å². The maximum atomic E-state index is 11.0. The van der Waals surface area contributed by atoms with Gasteiger partial charge < -0.3 is 15.7 Å². The minimum Gasteiger partial charge on any atom is -0.391 e. The van der Waals surface area contributed by atoms with E-state index in [1.165, 1.54) is 0 Å². The molecule has 1 atom stereocenters. The Bertz CT molecular complexity index is 469. The van der Waals surface area contributed by atoms with Gasteiger partial charge in [0.2, 0.25) is 0 Å². The molecule has 1 rings (SSSR count). The number of hydrogen-bond acceptors (Lipinski definition) is 5. The highest BCUT2D eigenvalue weighted by Crippen LogP contribution is 2.25. The van der Waals surface area contributed by atoms with Crippen molar-refractivity contribution in [2.24, 2.45) is 5.41 Å². The molecule has 0 bridgehead atoms. The Labute approximate surface area is 119 Å². The molecule has 0 aliphatic carbocycles. The first-order chi connectivity index (χ1) is 9.25. The van der Waals surface area contributed by atoms with Gasteiger partial charge in [0.05, 0.1) is 11.0 Å². The number of nitro benzene ring substituents is 1. The monoisotopic (exact) mass is 281 g/mol. The highest BCUT2D eigenvalue weighted by atomic mass is 16.6. The van der Waals surface area contributed by atoms with E-state index in [9.17, 15) is 15.2 Å². The van der Waals surface area contributed by atoms with Crippen LogP contribution < -0.4 is 10.6 Å². The summed E-state index contributed by atoms with van der Waals surface area (Å²) in [5, 5.41) is 26.8. The van der Waals surface area contributed by atoms with Crippen molar-refractivity contribution in [2.75, 3.05) is 18.9 Å². The minimum absolute atomic E-state index is 0.0585. The zero-order chi connectivity index (χ0) is 15.3. The second-order valence-corrected chi connectivity index (χ2v) is 5.87. The van der Waals surface area contributed by atoms with Gasteiger partial charge in [-0.15, -0.1) is 0 Å². The summed E-state index contributed by atoms with van der Waals surface area (Å²) in [4.78, 5) is 10.5. The number of hydrogen-bond donors (Lipinski definition) is 3. The van der Waals surface area contributed by atoms with Gasteiger partial charge in [0, 0.05) is 26.2 Å². The lowest BCUT2D eigenvalue weighted by molar-refractivity contribution is -0.384. The van der Waals surface area contributed by atoms with Crippen LogP contribution in [0.1, 0.15) is 26.3 Å². The molecule has 0 saturated carbocycles. The van der Waals surface area contributed by atoms with Gasteiger partial charge in [-0.05, 0) is 17.0 Å². The molecule has 1 unspecified atom stereocenters. The number of nitrogens with one attached hydrogen (secondary N) is 2. The summed E-state index contributed by atoms with van der Waals surface area (Å²) in [6, 6.07) is 5.06. The third kappa shape index (κ3) is 4.47. The molecule has 0 fully saturated rings. The highest BCUT2D eigenvalue weighted by molar-refractivity contribution is 5.62. The number of aliphatic hydroxyl groups is 1. The van der Waals surface area contributed by atoms with Gasteiger partial charge in [-0.25, -0.2) is 0 Å². The number of rotatable bonds is 6. The van der Waals surface area contributed by atoms with Crippen LogP contribution in [0.15, 0.2) is 18.2 Å². The number of benzene rings is 1. The van der Waals surface area contributed by atoms with Gasteiger partial charge in [0.1, 0.15) is 5.69 Å². The third-order valence-electron chi connectivity index (χ3n) is 3.19. The quantitative estimate of drug-likeness (QED) is 0.549. The maximum Gasteiger partial charge on any atom is 0.292 e. The van der Waals surface area contributed by atoms with Gasteiger partial charge >= 0.3 is 0 Å². The second kappa shape index (κ2) is 6.67. The number of anilines is 1. The Hall–Kier alpha value is -1.66. The van der Waals surface area contributed by atoms with Gasteiger partial charge in [0.15, 0.2) is 0 Å². The number of nitro groups is 1. The molecule has 3 N–H and O–H groups in total. The number of nitrogens with zero attached hydrogens (tertiary/aromatic N) is 1. The first-order valence-corrected chi connectivity index (χ1v) is 6.59. The van der Waals surface area contributed by atoms with Crippen molar-refractivity contribution in [3.63, 3.8) is 0 Å². The molecule has 0 aliphatic rings. The van der Waals surface area contributed by atoms with Crippen LogP contribution in [0.25, 0.3) is 0 Å².